The van der Waals surface area contributed by atoms with E-state index in [-0.39, 0.29) is 5.91 Å². The lowest BCUT2D eigenvalue weighted by Gasteiger charge is -2.08. The summed E-state index contributed by atoms with van der Waals surface area (Å²) in [6.07, 6.45) is 0.406. The molecule has 0 aliphatic carbocycles. The van der Waals surface area contributed by atoms with Crippen LogP contribution in [0.25, 0.3) is 0 Å². The van der Waals surface area contributed by atoms with Gasteiger partial charge in [-0.3, -0.25) is 4.79 Å². The molecule has 0 spiro atoms. The van der Waals surface area contributed by atoms with Crippen molar-refractivity contribution in [3.8, 4) is 6.07 Å². The summed E-state index contributed by atoms with van der Waals surface area (Å²) in [4.78, 5) is 11.4. The van der Waals surface area contributed by atoms with Gasteiger partial charge >= 0.3 is 0 Å². The molecule has 0 aromatic heterocycles. The van der Waals surface area contributed by atoms with Gasteiger partial charge in [-0.25, -0.2) is 0 Å². The molecule has 2 N–H and O–H groups in total. The lowest BCUT2D eigenvalue weighted by atomic mass is 10.1. The standard InChI is InChI=1S/C14H19N3O2/c1-11-9-13(4-3-12(11)10-15)16-6-5-14(18)17-7-8-19-2/h3-4,9,16H,5-8H2,1-2H3,(H,17,18). The van der Waals surface area contributed by atoms with Crippen LogP contribution < -0.4 is 10.6 Å². The van der Waals surface area contributed by atoms with Crippen LogP contribution in [-0.4, -0.2) is 32.7 Å². The van der Waals surface area contributed by atoms with Gasteiger partial charge in [0.25, 0.3) is 0 Å². The molecular weight excluding hydrogens is 242 g/mol. The maximum atomic E-state index is 11.4. The molecule has 5 nitrogen and oxygen atoms in total. The number of amides is 1. The second kappa shape index (κ2) is 8.11. The van der Waals surface area contributed by atoms with Crippen molar-refractivity contribution in [2.24, 2.45) is 0 Å². The number of benzene rings is 1. The van der Waals surface area contributed by atoms with Gasteiger partial charge in [0.05, 0.1) is 18.2 Å². The first kappa shape index (κ1) is 15.0. The first-order valence-electron chi connectivity index (χ1n) is 6.17. The van der Waals surface area contributed by atoms with Crippen LogP contribution >= 0.6 is 0 Å². The average molecular weight is 261 g/mol. The Labute approximate surface area is 113 Å². The van der Waals surface area contributed by atoms with E-state index in [1.807, 2.05) is 19.1 Å². The number of hydrogen-bond donors (Lipinski definition) is 2. The summed E-state index contributed by atoms with van der Waals surface area (Å²) >= 11 is 0. The molecule has 0 saturated carbocycles. The van der Waals surface area contributed by atoms with E-state index in [2.05, 4.69) is 16.7 Å². The third-order valence-corrected chi connectivity index (χ3v) is 2.66. The molecule has 0 heterocycles. The minimum Gasteiger partial charge on any atom is -0.385 e. The highest BCUT2D eigenvalue weighted by Crippen LogP contribution is 2.14. The first-order chi connectivity index (χ1) is 9.17. The van der Waals surface area contributed by atoms with Gasteiger partial charge in [0.15, 0.2) is 0 Å². The Morgan fingerprint density at radius 1 is 1.42 bits per heavy atom. The molecule has 19 heavy (non-hydrogen) atoms. The van der Waals surface area contributed by atoms with Gasteiger partial charge in [-0.1, -0.05) is 0 Å². The molecule has 0 atom stereocenters. The van der Waals surface area contributed by atoms with Crippen LogP contribution in [0.2, 0.25) is 0 Å². The summed E-state index contributed by atoms with van der Waals surface area (Å²) in [7, 11) is 1.60. The van der Waals surface area contributed by atoms with Crippen LogP contribution in [0.1, 0.15) is 17.5 Å². The van der Waals surface area contributed by atoms with E-state index in [0.29, 0.717) is 31.7 Å². The van der Waals surface area contributed by atoms with Crippen molar-refractivity contribution < 1.29 is 9.53 Å². The third kappa shape index (κ3) is 5.40. The first-order valence-corrected chi connectivity index (χ1v) is 6.17. The Morgan fingerprint density at radius 3 is 2.84 bits per heavy atom. The van der Waals surface area contributed by atoms with Crippen molar-refractivity contribution in [3.05, 3.63) is 29.3 Å². The number of nitrogens with one attached hydrogen (secondary N) is 2. The highest BCUT2D eigenvalue weighted by molar-refractivity contribution is 5.76. The van der Waals surface area contributed by atoms with E-state index >= 15 is 0 Å². The number of anilines is 1. The van der Waals surface area contributed by atoms with Gasteiger partial charge in [0.2, 0.25) is 5.91 Å². The van der Waals surface area contributed by atoms with Gasteiger partial charge < -0.3 is 15.4 Å². The maximum Gasteiger partial charge on any atom is 0.221 e. The number of methoxy groups -OCH3 is 1. The summed E-state index contributed by atoms with van der Waals surface area (Å²) < 4.78 is 4.84. The van der Waals surface area contributed by atoms with Gasteiger partial charge in [-0.15, -0.1) is 0 Å². The molecule has 0 saturated heterocycles. The molecule has 0 aliphatic rings. The quantitative estimate of drug-likeness (QED) is 0.728. The van der Waals surface area contributed by atoms with Crippen LogP contribution in [0, 0.1) is 18.3 Å². The Balaban J connectivity index is 2.31. The lowest BCUT2D eigenvalue weighted by Crippen LogP contribution is -2.28. The molecule has 102 valence electrons. The van der Waals surface area contributed by atoms with Crippen LogP contribution in [0.5, 0.6) is 0 Å². The molecular formula is C14H19N3O2. The highest BCUT2D eigenvalue weighted by Gasteiger charge is 2.01. The van der Waals surface area contributed by atoms with Crippen molar-refractivity contribution >= 4 is 11.6 Å². The molecule has 0 aliphatic heterocycles. The highest BCUT2D eigenvalue weighted by atomic mass is 16.5. The summed E-state index contributed by atoms with van der Waals surface area (Å²) in [6, 6.07) is 7.64. The maximum absolute atomic E-state index is 11.4. The minimum atomic E-state index is -0.00471. The van der Waals surface area contributed by atoms with Gasteiger partial charge in [0, 0.05) is 32.3 Å². The van der Waals surface area contributed by atoms with Crippen LogP contribution in [-0.2, 0) is 9.53 Å². The van der Waals surface area contributed by atoms with Crippen molar-refractivity contribution in [1.82, 2.24) is 5.32 Å². The van der Waals surface area contributed by atoms with Crippen molar-refractivity contribution in [2.45, 2.75) is 13.3 Å². The number of rotatable bonds is 7. The van der Waals surface area contributed by atoms with E-state index in [9.17, 15) is 4.79 Å². The number of hydrogen-bond acceptors (Lipinski definition) is 4. The second-order valence-corrected chi connectivity index (χ2v) is 4.16. The molecule has 1 aromatic carbocycles. The van der Waals surface area contributed by atoms with Crippen LogP contribution in [0.4, 0.5) is 5.69 Å². The largest absolute Gasteiger partial charge is 0.385 e. The van der Waals surface area contributed by atoms with Crippen molar-refractivity contribution in [2.75, 3.05) is 32.1 Å². The summed E-state index contributed by atoms with van der Waals surface area (Å²) in [5, 5.41) is 14.7. The van der Waals surface area contributed by atoms with Crippen molar-refractivity contribution in [1.29, 1.82) is 5.26 Å². The molecule has 1 amide bonds. The third-order valence-electron chi connectivity index (χ3n) is 2.66. The predicted molar refractivity (Wildman–Crippen MR) is 73.9 cm³/mol. The molecule has 0 radical (unpaired) electrons. The number of ether oxygens (including phenoxy) is 1. The normalized spacial score (nSPS) is 9.74. The van der Waals surface area contributed by atoms with E-state index in [1.165, 1.54) is 0 Å². The fraction of sp³-hybridized carbons (Fsp3) is 0.429. The Kier molecular flexibility index (Phi) is 6.41. The number of nitriles is 1. The van der Waals surface area contributed by atoms with E-state index in [1.54, 1.807) is 13.2 Å². The van der Waals surface area contributed by atoms with Gasteiger partial charge in [-0.2, -0.15) is 5.26 Å². The SMILES string of the molecule is COCCNC(=O)CCNc1ccc(C#N)c(C)c1. The van der Waals surface area contributed by atoms with Crippen LogP contribution in [0.3, 0.4) is 0 Å². The lowest BCUT2D eigenvalue weighted by molar-refractivity contribution is -0.121. The van der Waals surface area contributed by atoms with E-state index in [0.717, 1.165) is 11.3 Å². The summed E-state index contributed by atoms with van der Waals surface area (Å²) in [6.45, 7) is 3.50. The molecule has 1 rings (SSSR count). The molecule has 1 aromatic rings. The monoisotopic (exact) mass is 261 g/mol. The smallest absolute Gasteiger partial charge is 0.221 e. The fourth-order valence-electron chi connectivity index (χ4n) is 1.60. The zero-order chi connectivity index (χ0) is 14.1. The topological polar surface area (TPSA) is 74.2 Å². The fourth-order valence-corrected chi connectivity index (χ4v) is 1.60. The number of carbonyl (C=O) groups excluding carboxylic acids is 1. The van der Waals surface area contributed by atoms with Gasteiger partial charge in [-0.05, 0) is 30.7 Å². The second-order valence-electron chi connectivity index (χ2n) is 4.16. The summed E-state index contributed by atoms with van der Waals surface area (Å²) in [5.41, 5.74) is 2.51. The van der Waals surface area contributed by atoms with E-state index < -0.39 is 0 Å². The summed E-state index contributed by atoms with van der Waals surface area (Å²) in [5.74, 6) is -0.00471. The Bertz CT molecular complexity index is 466. The zero-order valence-electron chi connectivity index (χ0n) is 11.3. The van der Waals surface area contributed by atoms with Gasteiger partial charge in [0.1, 0.15) is 0 Å². The predicted octanol–water partition coefficient (Wildman–Crippen LogP) is 1.43. The van der Waals surface area contributed by atoms with Crippen LogP contribution in [0.15, 0.2) is 18.2 Å². The van der Waals surface area contributed by atoms with E-state index in [4.69, 9.17) is 10.00 Å². The van der Waals surface area contributed by atoms with Crippen molar-refractivity contribution in [3.63, 3.8) is 0 Å². The molecule has 0 fully saturated rings. The zero-order valence-corrected chi connectivity index (χ0v) is 11.3. The molecule has 0 unspecified atom stereocenters. The number of aryl methyl sites for hydroxylation is 1. The molecule has 0 bridgehead atoms. The molecule has 5 heteroatoms. The number of nitrogens with zero attached hydrogens (tertiary/aromatic N) is 1. The Hall–Kier alpha value is -2.06. The minimum absolute atomic E-state index is 0.00471. The number of carbonyl (C=O) groups is 1. The average Bonchev–Trinajstić information content (AvgIpc) is 2.39. The Morgan fingerprint density at radius 2 is 2.21 bits per heavy atom.